The molecule has 1 aliphatic heterocycles. The summed E-state index contributed by atoms with van der Waals surface area (Å²) in [5.74, 6) is -0.258. The second-order valence-corrected chi connectivity index (χ2v) is 12.5. The minimum atomic E-state index is -3.67. The van der Waals surface area contributed by atoms with Crippen molar-refractivity contribution in [2.45, 2.75) is 31.7 Å². The zero-order chi connectivity index (χ0) is 26.2. The van der Waals surface area contributed by atoms with Crippen molar-refractivity contribution in [1.29, 1.82) is 0 Å². The van der Waals surface area contributed by atoms with Crippen molar-refractivity contribution in [3.05, 3.63) is 83.9 Å². The van der Waals surface area contributed by atoms with Crippen molar-refractivity contribution in [2.24, 2.45) is 11.8 Å². The highest BCUT2D eigenvalue weighted by Crippen LogP contribution is 2.32. The van der Waals surface area contributed by atoms with E-state index in [0.29, 0.717) is 34.2 Å². The number of para-hydroxylation sites is 1. The minimum absolute atomic E-state index is 0.130. The van der Waals surface area contributed by atoms with Crippen molar-refractivity contribution in [3.8, 4) is 0 Å². The van der Waals surface area contributed by atoms with E-state index in [9.17, 15) is 17.6 Å². The van der Waals surface area contributed by atoms with Crippen LogP contribution in [0.4, 0.5) is 9.52 Å². The Morgan fingerprint density at radius 1 is 1.05 bits per heavy atom. The lowest BCUT2D eigenvalue weighted by Gasteiger charge is -2.34. The number of benzene rings is 2. The summed E-state index contributed by atoms with van der Waals surface area (Å²) in [7, 11) is -3.67. The molecule has 0 N–H and O–H groups in total. The summed E-state index contributed by atoms with van der Waals surface area (Å²) in [6.45, 7) is 5.22. The molecule has 0 aliphatic carbocycles. The number of amides is 1. The van der Waals surface area contributed by atoms with Gasteiger partial charge in [0.2, 0.25) is 10.0 Å². The first-order chi connectivity index (χ1) is 17.7. The van der Waals surface area contributed by atoms with Crippen LogP contribution in [0.5, 0.6) is 0 Å². The molecule has 2 unspecified atom stereocenters. The fraction of sp³-hybridized carbons (Fsp3) is 0.296. The number of halogens is 1. The van der Waals surface area contributed by atoms with Gasteiger partial charge in [0.1, 0.15) is 11.3 Å². The van der Waals surface area contributed by atoms with E-state index in [1.54, 1.807) is 30.5 Å². The standard InChI is InChI=1S/C27H27FN4O3S2/c1-18-14-19(2)16-31(15-18)37(34,35)22-11-9-20(10-12-22)26(33)32(17-21-6-3-4-13-29-21)27-30-25-23(28)7-5-8-24(25)36-27/h3-13,18-19H,14-17H2,1-2H3. The number of carbonyl (C=O) groups is 1. The number of hydrogen-bond acceptors (Lipinski definition) is 6. The van der Waals surface area contributed by atoms with Crippen LogP contribution in [0.1, 0.15) is 36.3 Å². The molecular formula is C27H27FN4O3S2. The van der Waals surface area contributed by atoms with Crippen molar-refractivity contribution in [1.82, 2.24) is 14.3 Å². The third kappa shape index (κ3) is 5.27. The minimum Gasteiger partial charge on any atom is -0.278 e. The molecule has 4 aromatic rings. The van der Waals surface area contributed by atoms with Crippen LogP contribution in [-0.2, 0) is 16.6 Å². The topological polar surface area (TPSA) is 83.5 Å². The molecule has 2 aromatic heterocycles. The van der Waals surface area contributed by atoms with E-state index in [0.717, 1.165) is 6.42 Å². The van der Waals surface area contributed by atoms with Gasteiger partial charge in [-0.3, -0.25) is 14.7 Å². The van der Waals surface area contributed by atoms with Crippen molar-refractivity contribution >= 4 is 42.6 Å². The van der Waals surface area contributed by atoms with E-state index < -0.39 is 15.8 Å². The number of fused-ring (bicyclic) bond motifs is 1. The lowest BCUT2D eigenvalue weighted by molar-refractivity contribution is 0.0984. The average Bonchev–Trinajstić information content (AvgIpc) is 3.32. The molecule has 1 saturated heterocycles. The molecule has 192 valence electrons. The molecule has 10 heteroatoms. The van der Waals surface area contributed by atoms with Gasteiger partial charge in [0.15, 0.2) is 5.13 Å². The summed E-state index contributed by atoms with van der Waals surface area (Å²) in [4.78, 5) is 24.0. The number of pyridine rings is 1. The first-order valence-electron chi connectivity index (χ1n) is 12.1. The Kier molecular flexibility index (Phi) is 7.06. The van der Waals surface area contributed by atoms with Crippen molar-refractivity contribution < 1.29 is 17.6 Å². The van der Waals surface area contributed by atoms with Gasteiger partial charge in [0.25, 0.3) is 5.91 Å². The predicted molar refractivity (Wildman–Crippen MR) is 142 cm³/mol. The predicted octanol–water partition coefficient (Wildman–Crippen LogP) is 5.34. The van der Waals surface area contributed by atoms with Crippen LogP contribution in [0, 0.1) is 17.7 Å². The molecular weight excluding hydrogens is 511 g/mol. The van der Waals surface area contributed by atoms with E-state index in [1.165, 1.54) is 50.9 Å². The molecule has 0 spiro atoms. The lowest BCUT2D eigenvalue weighted by atomic mass is 9.94. The number of nitrogens with zero attached hydrogens (tertiary/aromatic N) is 4. The maximum absolute atomic E-state index is 14.3. The molecule has 0 bridgehead atoms. The zero-order valence-corrected chi connectivity index (χ0v) is 22.2. The molecule has 0 radical (unpaired) electrons. The Labute approximate surface area is 219 Å². The average molecular weight is 539 g/mol. The van der Waals surface area contributed by atoms with Crippen molar-refractivity contribution in [3.63, 3.8) is 0 Å². The van der Waals surface area contributed by atoms with Crippen LogP contribution in [0.25, 0.3) is 10.2 Å². The molecule has 3 heterocycles. The summed E-state index contributed by atoms with van der Waals surface area (Å²) in [6.07, 6.45) is 2.64. The molecule has 0 saturated carbocycles. The largest absolute Gasteiger partial charge is 0.278 e. The number of piperidine rings is 1. The molecule has 37 heavy (non-hydrogen) atoms. The number of aromatic nitrogens is 2. The van der Waals surface area contributed by atoms with Crippen LogP contribution >= 0.6 is 11.3 Å². The molecule has 5 rings (SSSR count). The van der Waals surface area contributed by atoms with Crippen LogP contribution in [-0.4, -0.2) is 41.7 Å². The Morgan fingerprint density at radius 2 is 1.78 bits per heavy atom. The Balaban J connectivity index is 1.46. The van der Waals surface area contributed by atoms with Crippen LogP contribution < -0.4 is 4.90 Å². The fourth-order valence-corrected chi connectivity index (χ4v) is 7.43. The normalized spacial score (nSPS) is 18.7. The number of hydrogen-bond donors (Lipinski definition) is 0. The lowest BCUT2D eigenvalue weighted by Crippen LogP contribution is -2.42. The second kappa shape index (κ2) is 10.3. The number of anilines is 1. The molecule has 1 aliphatic rings. The maximum atomic E-state index is 14.3. The number of thiazole rings is 1. The summed E-state index contributed by atoms with van der Waals surface area (Å²) >= 11 is 1.21. The van der Waals surface area contributed by atoms with Gasteiger partial charge in [-0.15, -0.1) is 0 Å². The summed E-state index contributed by atoms with van der Waals surface area (Å²) in [6, 6.07) is 16.1. The zero-order valence-electron chi connectivity index (χ0n) is 20.5. The van der Waals surface area contributed by atoms with E-state index in [-0.39, 0.29) is 34.7 Å². The summed E-state index contributed by atoms with van der Waals surface area (Å²) < 4.78 is 43.0. The molecule has 7 nitrogen and oxygen atoms in total. The first kappa shape index (κ1) is 25.4. The number of rotatable bonds is 6. The maximum Gasteiger partial charge on any atom is 0.260 e. The van der Waals surface area contributed by atoms with E-state index in [4.69, 9.17) is 0 Å². The van der Waals surface area contributed by atoms with E-state index in [1.807, 2.05) is 6.07 Å². The molecule has 1 fully saturated rings. The SMILES string of the molecule is CC1CC(C)CN(S(=O)(=O)c2ccc(C(=O)N(Cc3ccccn3)c3nc4c(F)cccc4s3)cc2)C1. The van der Waals surface area contributed by atoms with Crippen LogP contribution in [0.15, 0.2) is 71.8 Å². The summed E-state index contributed by atoms with van der Waals surface area (Å²) in [5, 5.41) is 0.337. The van der Waals surface area contributed by atoms with Gasteiger partial charge < -0.3 is 0 Å². The Bertz CT molecular complexity index is 1510. The van der Waals surface area contributed by atoms with Gasteiger partial charge in [-0.1, -0.05) is 37.3 Å². The summed E-state index contributed by atoms with van der Waals surface area (Å²) in [5.41, 5.74) is 1.14. The molecule has 1 amide bonds. The quantitative estimate of drug-likeness (QED) is 0.331. The Morgan fingerprint density at radius 3 is 2.43 bits per heavy atom. The highest BCUT2D eigenvalue weighted by atomic mass is 32.2. The third-order valence-electron chi connectivity index (χ3n) is 6.46. The van der Waals surface area contributed by atoms with Crippen LogP contribution in [0.2, 0.25) is 0 Å². The smallest absolute Gasteiger partial charge is 0.260 e. The molecule has 2 atom stereocenters. The highest BCUT2D eigenvalue weighted by Gasteiger charge is 2.32. The van der Waals surface area contributed by atoms with E-state index in [2.05, 4.69) is 23.8 Å². The Hall–Kier alpha value is -3.21. The van der Waals surface area contributed by atoms with Gasteiger partial charge in [0, 0.05) is 24.8 Å². The van der Waals surface area contributed by atoms with Gasteiger partial charge in [-0.25, -0.2) is 17.8 Å². The fourth-order valence-electron chi connectivity index (χ4n) is 4.78. The number of sulfonamides is 1. The van der Waals surface area contributed by atoms with Gasteiger partial charge >= 0.3 is 0 Å². The van der Waals surface area contributed by atoms with Crippen LogP contribution in [0.3, 0.4) is 0 Å². The second-order valence-electron chi connectivity index (χ2n) is 9.59. The highest BCUT2D eigenvalue weighted by molar-refractivity contribution is 7.89. The third-order valence-corrected chi connectivity index (χ3v) is 9.34. The first-order valence-corrected chi connectivity index (χ1v) is 14.3. The van der Waals surface area contributed by atoms with Crippen molar-refractivity contribution in [2.75, 3.05) is 18.0 Å². The van der Waals surface area contributed by atoms with Gasteiger partial charge in [0.05, 0.1) is 21.8 Å². The van der Waals surface area contributed by atoms with Gasteiger partial charge in [-0.05, 0) is 66.8 Å². The van der Waals surface area contributed by atoms with Gasteiger partial charge in [-0.2, -0.15) is 4.31 Å². The monoisotopic (exact) mass is 538 g/mol. The number of carbonyl (C=O) groups excluding carboxylic acids is 1. The molecule has 2 aromatic carbocycles. The van der Waals surface area contributed by atoms with E-state index >= 15 is 0 Å².